The van der Waals surface area contributed by atoms with E-state index < -0.39 is 0 Å². The molecule has 1 amide bonds. The number of anilines is 1. The van der Waals surface area contributed by atoms with Crippen LogP contribution in [0.3, 0.4) is 0 Å². The zero-order chi connectivity index (χ0) is 22.3. The molecule has 0 bridgehead atoms. The Kier molecular flexibility index (Phi) is 8.72. The van der Waals surface area contributed by atoms with Gasteiger partial charge in [-0.3, -0.25) is 10.2 Å². The number of fused-ring (bicyclic) bond motifs is 1. The van der Waals surface area contributed by atoms with E-state index in [1.165, 1.54) is 0 Å². The molecule has 1 fully saturated rings. The molecular formula is C23H38N6O. The number of hydrogen-bond donors (Lipinski definition) is 4. The van der Waals surface area contributed by atoms with E-state index in [4.69, 9.17) is 22.6 Å². The van der Waals surface area contributed by atoms with Crippen LogP contribution in [0.4, 0.5) is 5.69 Å². The van der Waals surface area contributed by atoms with E-state index in [0.29, 0.717) is 5.92 Å². The van der Waals surface area contributed by atoms with Crippen molar-refractivity contribution < 1.29 is 4.79 Å². The van der Waals surface area contributed by atoms with E-state index in [1.54, 1.807) is 0 Å². The zero-order valence-electron chi connectivity index (χ0n) is 18.7. The summed E-state index contributed by atoms with van der Waals surface area (Å²) in [6.07, 6.45) is 5.44. The molecule has 0 aliphatic carbocycles. The van der Waals surface area contributed by atoms with Crippen molar-refractivity contribution in [2.45, 2.75) is 53.0 Å². The molecule has 30 heavy (non-hydrogen) atoms. The number of benzene rings is 1. The van der Waals surface area contributed by atoms with Crippen LogP contribution in [0.15, 0.2) is 18.2 Å². The average Bonchev–Trinajstić information content (AvgIpc) is 2.97. The fourth-order valence-corrected chi connectivity index (χ4v) is 3.93. The Balaban J connectivity index is 0.000000248. The first-order chi connectivity index (χ1) is 14.3. The highest BCUT2D eigenvalue weighted by molar-refractivity contribution is 6.01. The number of aryl methyl sites for hydroxylation is 1. The van der Waals surface area contributed by atoms with Crippen LogP contribution in [0.25, 0.3) is 10.9 Å². The lowest BCUT2D eigenvalue weighted by Crippen LogP contribution is -2.33. The molecule has 1 aliphatic rings. The first-order valence-electron chi connectivity index (χ1n) is 10.9. The van der Waals surface area contributed by atoms with Crippen LogP contribution < -0.4 is 17.2 Å². The van der Waals surface area contributed by atoms with Gasteiger partial charge in [-0.25, -0.2) is 0 Å². The van der Waals surface area contributed by atoms with E-state index in [1.807, 2.05) is 30.0 Å². The fraction of sp³-hybridized carbons (Fsp3) is 0.565. The van der Waals surface area contributed by atoms with Crippen molar-refractivity contribution >= 4 is 28.8 Å². The second kappa shape index (κ2) is 11.0. The van der Waals surface area contributed by atoms with Crippen molar-refractivity contribution in [2.75, 3.05) is 25.4 Å². The molecular weight excluding hydrogens is 376 g/mol. The number of hydrogen-bond acceptors (Lipinski definition) is 4. The number of likely N-dealkylation sites (tertiary alicyclic amines) is 1. The van der Waals surface area contributed by atoms with Crippen LogP contribution in [-0.4, -0.2) is 41.3 Å². The molecule has 1 saturated heterocycles. The lowest BCUT2D eigenvalue weighted by atomic mass is 9.94. The van der Waals surface area contributed by atoms with Gasteiger partial charge in [0.25, 0.3) is 0 Å². The van der Waals surface area contributed by atoms with Gasteiger partial charge in [-0.1, -0.05) is 26.0 Å². The number of nitrogens with zero attached hydrogens (tertiary/aromatic N) is 2. The van der Waals surface area contributed by atoms with Crippen LogP contribution in [-0.2, 0) is 11.3 Å². The minimum atomic E-state index is 0.0923. The number of nitrogens with one attached hydrogen (secondary N) is 1. The normalized spacial score (nSPS) is 14.6. The van der Waals surface area contributed by atoms with Gasteiger partial charge in [0.1, 0.15) is 5.84 Å². The van der Waals surface area contributed by atoms with E-state index in [9.17, 15) is 4.79 Å². The van der Waals surface area contributed by atoms with Gasteiger partial charge in [-0.15, -0.1) is 0 Å². The maximum Gasteiger partial charge on any atom is 0.209 e. The minimum Gasteiger partial charge on any atom is -0.397 e. The van der Waals surface area contributed by atoms with Gasteiger partial charge < -0.3 is 26.7 Å². The van der Waals surface area contributed by atoms with E-state index in [0.717, 1.165) is 92.0 Å². The number of carbonyl (C=O) groups excluding carboxylic acids is 1. The fourth-order valence-electron chi connectivity index (χ4n) is 3.93. The lowest BCUT2D eigenvalue weighted by Gasteiger charge is -2.28. The number of piperidine rings is 1. The molecule has 0 spiro atoms. The first-order valence-corrected chi connectivity index (χ1v) is 10.9. The Morgan fingerprint density at radius 2 is 1.97 bits per heavy atom. The van der Waals surface area contributed by atoms with Crippen molar-refractivity contribution in [3.63, 3.8) is 0 Å². The summed E-state index contributed by atoms with van der Waals surface area (Å²) in [6, 6.07) is 5.77. The van der Waals surface area contributed by atoms with Crippen LogP contribution >= 0.6 is 0 Å². The molecule has 7 nitrogen and oxygen atoms in total. The summed E-state index contributed by atoms with van der Waals surface area (Å²) in [6.45, 7) is 10.0. The minimum absolute atomic E-state index is 0.0923. The van der Waals surface area contributed by atoms with Crippen molar-refractivity contribution in [1.29, 1.82) is 5.41 Å². The van der Waals surface area contributed by atoms with Gasteiger partial charge in [0.2, 0.25) is 6.41 Å². The van der Waals surface area contributed by atoms with Crippen molar-refractivity contribution in [2.24, 2.45) is 23.3 Å². The highest BCUT2D eigenvalue weighted by Crippen LogP contribution is 2.29. The summed E-state index contributed by atoms with van der Waals surface area (Å²) in [7, 11) is 0. The molecule has 0 radical (unpaired) electrons. The van der Waals surface area contributed by atoms with Gasteiger partial charge >= 0.3 is 0 Å². The van der Waals surface area contributed by atoms with Gasteiger partial charge in [0, 0.05) is 36.3 Å². The Hall–Kier alpha value is -2.54. The average molecular weight is 415 g/mol. The Bertz CT molecular complexity index is 849. The SMILES string of the molecule is Cc1c(N)c2ccc(C(=N)N)cc2n1CCC(C)C.NCCC1CCN(C=O)CC1. The third-order valence-corrected chi connectivity index (χ3v) is 5.99. The largest absolute Gasteiger partial charge is 0.397 e. The maximum atomic E-state index is 10.3. The number of carbonyl (C=O) groups is 1. The van der Waals surface area contributed by atoms with Crippen LogP contribution in [0.1, 0.15) is 50.8 Å². The Morgan fingerprint density at radius 3 is 2.50 bits per heavy atom. The molecule has 2 heterocycles. The molecule has 166 valence electrons. The van der Waals surface area contributed by atoms with Gasteiger partial charge in [-0.05, 0) is 57.1 Å². The highest BCUT2D eigenvalue weighted by Gasteiger charge is 2.16. The quantitative estimate of drug-likeness (QED) is 0.315. The number of rotatable bonds is 7. The van der Waals surface area contributed by atoms with E-state index >= 15 is 0 Å². The lowest BCUT2D eigenvalue weighted by molar-refractivity contribution is -0.119. The predicted octanol–water partition coefficient (Wildman–Crippen LogP) is 3.07. The van der Waals surface area contributed by atoms with Crippen molar-refractivity contribution in [3.05, 3.63) is 29.5 Å². The zero-order valence-corrected chi connectivity index (χ0v) is 18.7. The summed E-state index contributed by atoms with van der Waals surface area (Å²) in [5, 5.41) is 8.60. The number of amidine groups is 1. The molecule has 7 N–H and O–H groups in total. The van der Waals surface area contributed by atoms with Crippen molar-refractivity contribution in [1.82, 2.24) is 9.47 Å². The van der Waals surface area contributed by atoms with Crippen LogP contribution in [0, 0.1) is 24.2 Å². The van der Waals surface area contributed by atoms with E-state index in [2.05, 4.69) is 18.4 Å². The number of amides is 1. The van der Waals surface area contributed by atoms with Crippen LogP contribution in [0.2, 0.25) is 0 Å². The second-order valence-corrected chi connectivity index (χ2v) is 8.64. The standard InChI is InChI=1S/C15H22N4.C8H16N2O/c1-9(2)6-7-19-10(3)14(16)12-5-4-11(15(17)18)8-13(12)19;9-4-1-8-2-5-10(7-11)6-3-8/h4-5,8-9H,6-7,16H2,1-3H3,(H3,17,18);7-8H,1-6,9H2. The summed E-state index contributed by atoms with van der Waals surface area (Å²) in [4.78, 5) is 12.2. The molecule has 0 atom stereocenters. The van der Waals surface area contributed by atoms with Gasteiger partial charge in [0.05, 0.1) is 11.2 Å². The maximum absolute atomic E-state index is 10.3. The third-order valence-electron chi connectivity index (χ3n) is 5.99. The summed E-state index contributed by atoms with van der Waals surface area (Å²) < 4.78 is 2.23. The highest BCUT2D eigenvalue weighted by atomic mass is 16.1. The second-order valence-electron chi connectivity index (χ2n) is 8.64. The molecule has 7 heteroatoms. The van der Waals surface area contributed by atoms with Crippen molar-refractivity contribution in [3.8, 4) is 0 Å². The molecule has 1 aromatic carbocycles. The number of nitrogens with two attached hydrogens (primary N) is 3. The molecule has 0 saturated carbocycles. The molecule has 1 aromatic heterocycles. The van der Waals surface area contributed by atoms with Gasteiger partial charge in [-0.2, -0.15) is 0 Å². The predicted molar refractivity (Wildman–Crippen MR) is 126 cm³/mol. The molecule has 1 aliphatic heterocycles. The summed E-state index contributed by atoms with van der Waals surface area (Å²) >= 11 is 0. The Morgan fingerprint density at radius 1 is 1.30 bits per heavy atom. The Labute approximate surface area is 180 Å². The smallest absolute Gasteiger partial charge is 0.209 e. The number of aromatic nitrogens is 1. The third kappa shape index (κ3) is 5.98. The monoisotopic (exact) mass is 414 g/mol. The molecule has 3 rings (SSSR count). The van der Waals surface area contributed by atoms with Crippen LogP contribution in [0.5, 0.6) is 0 Å². The summed E-state index contributed by atoms with van der Waals surface area (Å²) in [5.74, 6) is 1.50. The summed E-state index contributed by atoms with van der Waals surface area (Å²) in [5.41, 5.74) is 20.9. The number of nitrogen functional groups attached to an aromatic ring is 2. The molecule has 2 aromatic rings. The van der Waals surface area contributed by atoms with E-state index in [-0.39, 0.29) is 5.84 Å². The van der Waals surface area contributed by atoms with Gasteiger partial charge in [0.15, 0.2) is 0 Å². The first kappa shape index (κ1) is 23.7. The molecule has 0 unspecified atom stereocenters. The topological polar surface area (TPSA) is 127 Å².